The van der Waals surface area contributed by atoms with Crippen LogP contribution < -0.4 is 10.2 Å². The Balaban J connectivity index is 1.34. The fourth-order valence-corrected chi connectivity index (χ4v) is 3.93. The van der Waals surface area contributed by atoms with E-state index in [4.69, 9.17) is 9.15 Å². The van der Waals surface area contributed by atoms with Crippen LogP contribution in [-0.2, 0) is 20.9 Å². The lowest BCUT2D eigenvalue weighted by atomic mass is 10.2. The third-order valence-electron chi connectivity index (χ3n) is 5.73. The third-order valence-corrected chi connectivity index (χ3v) is 5.73. The molecule has 0 radical (unpaired) electrons. The van der Waals surface area contributed by atoms with E-state index in [2.05, 4.69) is 25.7 Å². The van der Waals surface area contributed by atoms with Crippen molar-refractivity contribution in [2.75, 3.05) is 24.6 Å². The Morgan fingerprint density at radius 2 is 2.11 bits per heavy atom. The van der Waals surface area contributed by atoms with Gasteiger partial charge in [-0.2, -0.15) is 4.80 Å². The lowest BCUT2D eigenvalue weighted by Crippen LogP contribution is -2.44. The molecule has 11 nitrogen and oxygen atoms in total. The average Bonchev–Trinajstić information content (AvgIpc) is 3.63. The first-order valence-corrected chi connectivity index (χ1v) is 11.4. The molecule has 1 aromatic carbocycles. The molecule has 4 heterocycles. The van der Waals surface area contributed by atoms with Crippen LogP contribution >= 0.6 is 0 Å². The minimum Gasteiger partial charge on any atom is -0.458 e. The predicted octanol–water partition coefficient (Wildman–Crippen LogP) is 2.12. The number of fused-ring (bicyclic) bond motifs is 1. The van der Waals surface area contributed by atoms with Crippen LogP contribution in [0.1, 0.15) is 18.6 Å². The number of ether oxygens (including phenoxy) is 1. The predicted molar refractivity (Wildman–Crippen MR) is 126 cm³/mol. The van der Waals surface area contributed by atoms with Gasteiger partial charge in [0.15, 0.2) is 5.76 Å². The number of carbonyl (C=O) groups is 2. The van der Waals surface area contributed by atoms with Crippen LogP contribution in [0.5, 0.6) is 0 Å². The van der Waals surface area contributed by atoms with Crippen molar-refractivity contribution in [3.05, 3.63) is 54.4 Å². The molecule has 1 atom stereocenters. The number of hydrogen-bond acceptors (Lipinski definition) is 8. The Hall–Kier alpha value is -4.12. The number of pyridine rings is 1. The molecule has 35 heavy (non-hydrogen) atoms. The zero-order valence-electron chi connectivity index (χ0n) is 19.3. The molecule has 1 aliphatic rings. The van der Waals surface area contributed by atoms with E-state index >= 15 is 0 Å². The van der Waals surface area contributed by atoms with E-state index < -0.39 is 0 Å². The summed E-state index contributed by atoms with van der Waals surface area (Å²) in [5.74, 6) is 0.787. The van der Waals surface area contributed by atoms with E-state index in [0.29, 0.717) is 24.6 Å². The highest BCUT2D eigenvalue weighted by molar-refractivity contribution is 5.99. The summed E-state index contributed by atoms with van der Waals surface area (Å²) in [6.07, 6.45) is 3.48. The van der Waals surface area contributed by atoms with E-state index in [1.165, 1.54) is 9.70 Å². The summed E-state index contributed by atoms with van der Waals surface area (Å²) in [7, 11) is 0. The Morgan fingerprint density at radius 3 is 2.91 bits per heavy atom. The molecule has 3 aromatic heterocycles. The number of para-hydroxylation sites is 1. The topological polar surface area (TPSA) is 128 Å². The number of aromatic nitrogens is 5. The number of hydrogen-bond donors (Lipinski definition) is 1. The average molecular weight is 476 g/mol. The molecule has 0 bridgehead atoms. The highest BCUT2D eigenvalue weighted by Crippen LogP contribution is 2.21. The molecule has 11 heteroatoms. The molecule has 1 aliphatic heterocycles. The van der Waals surface area contributed by atoms with Gasteiger partial charge in [0.05, 0.1) is 23.5 Å². The van der Waals surface area contributed by atoms with E-state index in [1.807, 2.05) is 37.3 Å². The quantitative estimate of drug-likeness (QED) is 0.410. The summed E-state index contributed by atoms with van der Waals surface area (Å²) < 4.78 is 11.1. The van der Waals surface area contributed by atoms with Crippen molar-refractivity contribution >= 4 is 28.4 Å². The second kappa shape index (κ2) is 10.0. The summed E-state index contributed by atoms with van der Waals surface area (Å²) >= 11 is 0. The highest BCUT2D eigenvalue weighted by atomic mass is 16.5. The van der Waals surface area contributed by atoms with Gasteiger partial charge in [0.2, 0.25) is 11.7 Å². The number of benzene rings is 1. The first-order chi connectivity index (χ1) is 17.0. The zero-order valence-corrected chi connectivity index (χ0v) is 19.3. The van der Waals surface area contributed by atoms with Crippen molar-refractivity contribution < 1.29 is 18.7 Å². The monoisotopic (exact) mass is 475 g/mol. The number of tetrazole rings is 1. The van der Waals surface area contributed by atoms with Crippen LogP contribution in [-0.4, -0.2) is 62.8 Å². The number of aryl methyl sites for hydroxylation is 1. The third kappa shape index (κ3) is 5.35. The molecule has 1 N–H and O–H groups in total. The number of nitrogens with zero attached hydrogens (tertiary/aromatic N) is 6. The molecular formula is C24H25N7O4. The molecule has 0 spiro atoms. The fraction of sp³-hybridized carbons (Fsp3) is 0.333. The molecule has 1 saturated heterocycles. The van der Waals surface area contributed by atoms with E-state index in [1.54, 1.807) is 18.3 Å². The second-order valence-corrected chi connectivity index (χ2v) is 8.36. The van der Waals surface area contributed by atoms with Gasteiger partial charge in [0.1, 0.15) is 18.8 Å². The Bertz CT molecular complexity index is 1340. The Kier molecular flexibility index (Phi) is 6.49. The standard InChI is InChI=1S/C24H25N7O4/c1-16-8-9-21(35-16)24-27-29-31(28-24)15-23(33)30(14-22(32)26-13-19-6-4-10-34-19)18-11-17-5-2-3-7-20(17)25-12-18/h2-3,5,7-9,11-12,19H,4,6,10,13-15H2,1H3,(H,26,32)/t19-/m1/s1. The summed E-state index contributed by atoms with van der Waals surface area (Å²) in [6.45, 7) is 2.55. The zero-order chi connectivity index (χ0) is 24.2. The highest BCUT2D eigenvalue weighted by Gasteiger charge is 2.23. The summed E-state index contributed by atoms with van der Waals surface area (Å²) in [5, 5.41) is 15.9. The number of carbonyl (C=O) groups excluding carboxylic acids is 2. The molecule has 1 fully saturated rings. The number of amides is 2. The molecule has 5 rings (SSSR count). The first-order valence-electron chi connectivity index (χ1n) is 11.4. The van der Waals surface area contributed by atoms with E-state index in [0.717, 1.165) is 29.5 Å². The van der Waals surface area contributed by atoms with Crippen LogP contribution in [0.3, 0.4) is 0 Å². The molecule has 0 unspecified atom stereocenters. The number of anilines is 1. The van der Waals surface area contributed by atoms with Crippen molar-refractivity contribution in [2.45, 2.75) is 32.4 Å². The van der Waals surface area contributed by atoms with Gasteiger partial charge in [0.25, 0.3) is 5.91 Å². The maximum absolute atomic E-state index is 13.3. The van der Waals surface area contributed by atoms with Gasteiger partial charge in [-0.25, -0.2) is 0 Å². The molecule has 0 aliphatic carbocycles. The van der Waals surface area contributed by atoms with Crippen LogP contribution in [0.4, 0.5) is 5.69 Å². The van der Waals surface area contributed by atoms with E-state index in [9.17, 15) is 9.59 Å². The van der Waals surface area contributed by atoms with Gasteiger partial charge in [-0.3, -0.25) is 19.5 Å². The molecule has 0 saturated carbocycles. The molecule has 4 aromatic rings. The van der Waals surface area contributed by atoms with Crippen LogP contribution in [0.25, 0.3) is 22.5 Å². The molecule has 180 valence electrons. The van der Waals surface area contributed by atoms with Crippen LogP contribution in [0.15, 0.2) is 53.1 Å². The largest absolute Gasteiger partial charge is 0.458 e. The molecular weight excluding hydrogens is 450 g/mol. The fourth-order valence-electron chi connectivity index (χ4n) is 3.93. The van der Waals surface area contributed by atoms with Crippen molar-refractivity contribution in [3.63, 3.8) is 0 Å². The van der Waals surface area contributed by atoms with Gasteiger partial charge in [-0.15, -0.1) is 10.2 Å². The summed E-state index contributed by atoms with van der Waals surface area (Å²) in [4.78, 5) is 33.1. The van der Waals surface area contributed by atoms with Crippen molar-refractivity contribution in [3.8, 4) is 11.6 Å². The maximum Gasteiger partial charge on any atom is 0.251 e. The van der Waals surface area contributed by atoms with Crippen LogP contribution in [0.2, 0.25) is 0 Å². The van der Waals surface area contributed by atoms with Gasteiger partial charge >= 0.3 is 0 Å². The lowest BCUT2D eigenvalue weighted by molar-refractivity contribution is -0.124. The van der Waals surface area contributed by atoms with Crippen molar-refractivity contribution in [2.24, 2.45) is 0 Å². The van der Waals surface area contributed by atoms with Gasteiger partial charge < -0.3 is 14.5 Å². The minimum absolute atomic E-state index is 0.00782. The Morgan fingerprint density at radius 1 is 1.23 bits per heavy atom. The summed E-state index contributed by atoms with van der Waals surface area (Å²) in [6, 6.07) is 12.9. The number of nitrogens with one attached hydrogen (secondary N) is 1. The van der Waals surface area contributed by atoms with Crippen molar-refractivity contribution in [1.29, 1.82) is 0 Å². The maximum atomic E-state index is 13.3. The smallest absolute Gasteiger partial charge is 0.251 e. The first kappa shape index (κ1) is 22.7. The lowest BCUT2D eigenvalue weighted by Gasteiger charge is -2.22. The van der Waals surface area contributed by atoms with E-state index in [-0.39, 0.29) is 36.8 Å². The second-order valence-electron chi connectivity index (χ2n) is 8.36. The normalized spacial score (nSPS) is 15.4. The van der Waals surface area contributed by atoms with Crippen LogP contribution in [0, 0.1) is 6.92 Å². The van der Waals surface area contributed by atoms with Gasteiger partial charge in [0, 0.05) is 18.5 Å². The Labute approximate surface area is 201 Å². The number of furan rings is 1. The minimum atomic E-state index is -0.381. The SMILES string of the molecule is Cc1ccc(-c2nnn(CC(=O)N(CC(=O)NC[C@H]3CCCO3)c3cnc4ccccc4c3)n2)o1. The molecule has 2 amide bonds. The summed E-state index contributed by atoms with van der Waals surface area (Å²) in [5.41, 5.74) is 1.30. The van der Waals surface area contributed by atoms with Gasteiger partial charge in [-0.1, -0.05) is 18.2 Å². The van der Waals surface area contributed by atoms with Gasteiger partial charge in [-0.05, 0) is 49.2 Å². The number of rotatable bonds is 8. The van der Waals surface area contributed by atoms with Crippen molar-refractivity contribution in [1.82, 2.24) is 30.5 Å².